The van der Waals surface area contributed by atoms with Gasteiger partial charge in [0, 0.05) is 60.0 Å². The van der Waals surface area contributed by atoms with Crippen molar-refractivity contribution >= 4 is 29.1 Å². The second-order valence-electron chi connectivity index (χ2n) is 9.22. The van der Waals surface area contributed by atoms with Crippen molar-refractivity contribution in [2.45, 2.75) is 45.6 Å². The fourth-order valence-electron chi connectivity index (χ4n) is 4.93. The van der Waals surface area contributed by atoms with E-state index >= 15 is 0 Å². The predicted octanol–water partition coefficient (Wildman–Crippen LogP) is 5.01. The number of benzene rings is 2. The van der Waals surface area contributed by atoms with Crippen LogP contribution in [0.15, 0.2) is 48.5 Å². The van der Waals surface area contributed by atoms with Crippen molar-refractivity contribution in [1.29, 1.82) is 0 Å². The van der Waals surface area contributed by atoms with Crippen molar-refractivity contribution in [2.75, 3.05) is 18.0 Å². The number of fused-ring (bicyclic) bond motifs is 1. The van der Waals surface area contributed by atoms with E-state index in [1.54, 1.807) is 4.90 Å². The van der Waals surface area contributed by atoms with E-state index in [0.29, 0.717) is 24.7 Å². The van der Waals surface area contributed by atoms with Crippen LogP contribution in [0.2, 0.25) is 5.02 Å². The van der Waals surface area contributed by atoms with E-state index < -0.39 is 0 Å². The number of amides is 2. The molecule has 3 aromatic rings. The molecule has 0 saturated carbocycles. The van der Waals surface area contributed by atoms with Crippen LogP contribution in [0.3, 0.4) is 0 Å². The number of rotatable bonds is 6. The zero-order valence-electron chi connectivity index (χ0n) is 19.4. The third-order valence-electron chi connectivity index (χ3n) is 6.90. The first-order valence-electron chi connectivity index (χ1n) is 12.0. The third-order valence-corrected chi connectivity index (χ3v) is 7.16. The first-order valence-corrected chi connectivity index (χ1v) is 12.4. The monoisotopic (exact) mass is 476 g/mol. The van der Waals surface area contributed by atoms with Gasteiger partial charge in [-0.1, -0.05) is 49.2 Å². The molecule has 2 aliphatic rings. The molecule has 1 saturated heterocycles. The molecule has 2 amide bonds. The van der Waals surface area contributed by atoms with Crippen molar-refractivity contribution < 1.29 is 9.59 Å². The van der Waals surface area contributed by atoms with Gasteiger partial charge in [0.1, 0.15) is 0 Å². The Morgan fingerprint density at radius 3 is 2.65 bits per heavy atom. The summed E-state index contributed by atoms with van der Waals surface area (Å²) in [6, 6.07) is 15.8. The average Bonchev–Trinajstić information content (AvgIpc) is 3.46. The van der Waals surface area contributed by atoms with E-state index in [2.05, 4.69) is 29.3 Å². The molecule has 176 valence electrons. The molecule has 7 heteroatoms. The Morgan fingerprint density at radius 2 is 1.91 bits per heavy atom. The molecule has 0 radical (unpaired) electrons. The first kappa shape index (κ1) is 22.7. The van der Waals surface area contributed by atoms with Crippen molar-refractivity contribution in [3.8, 4) is 11.3 Å². The molecular formula is C27H29ClN4O2. The van der Waals surface area contributed by atoms with Crippen LogP contribution in [-0.4, -0.2) is 40.0 Å². The van der Waals surface area contributed by atoms with Gasteiger partial charge in [-0.15, -0.1) is 0 Å². The zero-order chi connectivity index (χ0) is 23.7. The molecule has 1 N–H and O–H groups in total. The number of nitrogens with one attached hydrogen (secondary N) is 1. The number of aryl methyl sites for hydroxylation is 1. The lowest BCUT2D eigenvalue weighted by atomic mass is 9.99. The van der Waals surface area contributed by atoms with Crippen LogP contribution in [0.5, 0.6) is 0 Å². The highest BCUT2D eigenvalue weighted by atomic mass is 35.5. The number of carbonyl (C=O) groups is 2. The lowest BCUT2D eigenvalue weighted by Crippen LogP contribution is -2.40. The molecule has 0 spiro atoms. The van der Waals surface area contributed by atoms with Crippen LogP contribution >= 0.6 is 11.6 Å². The second kappa shape index (κ2) is 9.63. The van der Waals surface area contributed by atoms with Gasteiger partial charge in [-0.05, 0) is 42.7 Å². The summed E-state index contributed by atoms with van der Waals surface area (Å²) in [7, 11) is 0. The largest absolute Gasteiger partial charge is 0.338 e. The summed E-state index contributed by atoms with van der Waals surface area (Å²) in [6.07, 6.45) is 4.36. The van der Waals surface area contributed by atoms with E-state index in [0.717, 1.165) is 53.9 Å². The number of hydrogen-bond acceptors (Lipinski definition) is 3. The summed E-state index contributed by atoms with van der Waals surface area (Å²) in [6.45, 7) is 3.75. The minimum absolute atomic E-state index is 0.0162. The highest BCUT2D eigenvalue weighted by molar-refractivity contribution is 6.30. The first-order chi connectivity index (χ1) is 16.5. The van der Waals surface area contributed by atoms with Gasteiger partial charge in [-0.2, -0.15) is 5.10 Å². The van der Waals surface area contributed by atoms with Crippen molar-refractivity contribution in [1.82, 2.24) is 15.1 Å². The molecule has 34 heavy (non-hydrogen) atoms. The summed E-state index contributed by atoms with van der Waals surface area (Å²) in [5.41, 5.74) is 6.11. The zero-order valence-corrected chi connectivity index (χ0v) is 20.1. The van der Waals surface area contributed by atoms with Crippen LogP contribution in [0, 0.1) is 5.92 Å². The van der Waals surface area contributed by atoms with E-state index in [4.69, 9.17) is 11.6 Å². The average molecular weight is 477 g/mol. The summed E-state index contributed by atoms with van der Waals surface area (Å²) < 4.78 is 0. The van der Waals surface area contributed by atoms with Gasteiger partial charge in [0.2, 0.25) is 11.8 Å². The Bertz CT molecular complexity index is 1190. The normalized spacial score (nSPS) is 17.8. The SMILES string of the molecule is CCCCc1ccc(N2CC(C(=O)N3CCc4[nH]nc(-c5ccc(Cl)cc5)c4C3)CC2=O)cc1. The molecule has 5 rings (SSSR count). The van der Waals surface area contributed by atoms with E-state index in [1.807, 2.05) is 41.3 Å². The molecule has 3 heterocycles. The van der Waals surface area contributed by atoms with Crippen LogP contribution in [0.25, 0.3) is 11.3 Å². The van der Waals surface area contributed by atoms with Crippen LogP contribution < -0.4 is 4.90 Å². The molecule has 6 nitrogen and oxygen atoms in total. The minimum Gasteiger partial charge on any atom is -0.338 e. The van der Waals surface area contributed by atoms with E-state index in [-0.39, 0.29) is 24.2 Å². The third kappa shape index (κ3) is 4.47. The van der Waals surface area contributed by atoms with Crippen molar-refractivity contribution in [3.63, 3.8) is 0 Å². The fourth-order valence-corrected chi connectivity index (χ4v) is 5.06. The van der Waals surface area contributed by atoms with Gasteiger partial charge in [0.05, 0.1) is 11.6 Å². The lowest BCUT2D eigenvalue weighted by molar-refractivity contribution is -0.136. The molecular weight excluding hydrogens is 448 g/mol. The van der Waals surface area contributed by atoms with Gasteiger partial charge in [-0.25, -0.2) is 0 Å². The standard InChI is InChI=1S/C27H29ClN4O2/c1-2-3-4-18-5-11-22(12-6-18)32-16-20(15-25(32)33)27(34)31-14-13-24-23(17-31)26(30-29-24)19-7-9-21(28)10-8-19/h5-12,20H,2-4,13-17H2,1H3,(H,29,30). The Kier molecular flexibility index (Phi) is 6.42. The Hall–Kier alpha value is -3.12. The molecule has 2 aromatic carbocycles. The molecule has 1 fully saturated rings. The van der Waals surface area contributed by atoms with Gasteiger partial charge in [-0.3, -0.25) is 14.7 Å². The maximum absolute atomic E-state index is 13.4. The molecule has 1 atom stereocenters. The van der Waals surface area contributed by atoms with E-state index in [1.165, 1.54) is 5.56 Å². The van der Waals surface area contributed by atoms with Gasteiger partial charge in [0.15, 0.2) is 0 Å². The van der Waals surface area contributed by atoms with Crippen LogP contribution in [-0.2, 0) is 29.0 Å². The van der Waals surface area contributed by atoms with Crippen LogP contribution in [0.1, 0.15) is 43.0 Å². The topological polar surface area (TPSA) is 69.3 Å². The number of aromatic amines is 1. The smallest absolute Gasteiger partial charge is 0.228 e. The minimum atomic E-state index is -0.320. The molecule has 1 unspecified atom stereocenters. The van der Waals surface area contributed by atoms with Gasteiger partial charge in [0.25, 0.3) is 0 Å². The maximum Gasteiger partial charge on any atom is 0.228 e. The molecule has 0 aliphatic carbocycles. The Morgan fingerprint density at radius 1 is 1.15 bits per heavy atom. The summed E-state index contributed by atoms with van der Waals surface area (Å²) in [5, 5.41) is 8.32. The summed E-state index contributed by atoms with van der Waals surface area (Å²) >= 11 is 6.04. The number of H-pyrrole nitrogens is 1. The van der Waals surface area contributed by atoms with Crippen LogP contribution in [0.4, 0.5) is 5.69 Å². The quantitative estimate of drug-likeness (QED) is 0.543. The number of hydrogen-bond donors (Lipinski definition) is 1. The number of anilines is 1. The maximum atomic E-state index is 13.4. The highest BCUT2D eigenvalue weighted by Crippen LogP contribution is 2.32. The second-order valence-corrected chi connectivity index (χ2v) is 9.66. The number of unbranched alkanes of at least 4 members (excludes halogenated alkanes) is 1. The number of aromatic nitrogens is 2. The molecule has 1 aromatic heterocycles. The number of halogens is 1. The Labute approximate surface area is 204 Å². The predicted molar refractivity (Wildman–Crippen MR) is 134 cm³/mol. The fraction of sp³-hybridized carbons (Fsp3) is 0.370. The highest BCUT2D eigenvalue weighted by Gasteiger charge is 2.38. The van der Waals surface area contributed by atoms with Crippen molar-refractivity contribution in [3.05, 3.63) is 70.4 Å². The van der Waals surface area contributed by atoms with E-state index in [9.17, 15) is 9.59 Å². The molecule has 2 aliphatic heterocycles. The summed E-state index contributed by atoms with van der Waals surface area (Å²) in [4.78, 5) is 29.8. The lowest BCUT2D eigenvalue weighted by Gasteiger charge is -2.29. The molecule has 0 bridgehead atoms. The summed E-state index contributed by atoms with van der Waals surface area (Å²) in [5.74, 6) is -0.258. The van der Waals surface area contributed by atoms with Crippen molar-refractivity contribution in [2.24, 2.45) is 5.92 Å². The number of carbonyl (C=O) groups excluding carboxylic acids is 2. The van der Waals surface area contributed by atoms with Gasteiger partial charge >= 0.3 is 0 Å². The van der Waals surface area contributed by atoms with Gasteiger partial charge < -0.3 is 9.80 Å². The Balaban J connectivity index is 1.28. The number of nitrogens with zero attached hydrogens (tertiary/aromatic N) is 3.